The minimum atomic E-state index is -0.309. The minimum Gasteiger partial charge on any atom is -0.511 e. The van der Waals surface area contributed by atoms with Gasteiger partial charge in [-0.2, -0.15) is 0 Å². The van der Waals surface area contributed by atoms with Gasteiger partial charge >= 0.3 is 0 Å². The normalized spacial score (nSPS) is 24.0. The lowest BCUT2D eigenvalue weighted by Crippen LogP contribution is -2.23. The minimum absolute atomic E-state index is 0.00174. The summed E-state index contributed by atoms with van der Waals surface area (Å²) in [6.07, 6.45) is 6.15. The van der Waals surface area contributed by atoms with E-state index in [2.05, 4.69) is 6.58 Å². The number of ketones is 1. The number of halogens is 1. The van der Waals surface area contributed by atoms with Crippen LogP contribution in [-0.4, -0.2) is 10.9 Å². The van der Waals surface area contributed by atoms with Crippen LogP contribution in [0.15, 0.2) is 65.5 Å². The first kappa shape index (κ1) is 17.4. The molecule has 1 fully saturated rings. The Morgan fingerprint density at radius 2 is 2.04 bits per heavy atom. The quantitative estimate of drug-likeness (QED) is 0.732. The number of aliphatic hydroxyl groups excluding tert-OH is 1. The average Bonchev–Trinajstić information content (AvgIpc) is 3.03. The monoisotopic (exact) mass is 338 g/mol. The number of Topliss-reactive ketones (excluding diaryl/α,β-unsaturated/α-hetero) is 1. The fourth-order valence-corrected chi connectivity index (χ4v) is 3.84. The van der Waals surface area contributed by atoms with Crippen molar-refractivity contribution in [2.45, 2.75) is 33.1 Å². The molecule has 1 saturated carbocycles. The van der Waals surface area contributed by atoms with Crippen LogP contribution in [0.5, 0.6) is 0 Å². The zero-order valence-corrected chi connectivity index (χ0v) is 14.7. The van der Waals surface area contributed by atoms with Gasteiger partial charge in [0.25, 0.3) is 0 Å². The van der Waals surface area contributed by atoms with Crippen LogP contribution >= 0.6 is 0 Å². The highest BCUT2D eigenvalue weighted by molar-refractivity contribution is 6.04. The molecule has 1 aromatic carbocycles. The molecule has 0 aromatic heterocycles. The Kier molecular flexibility index (Phi) is 4.76. The number of hydrogen-bond acceptors (Lipinski definition) is 2. The standard InChI is InChI=1S/C22H23FO2/c1-4-14(15-6-5-7-18(23)11-15)12-19(13(2)3)20-21(24)16-8-9-17(10-16)22(20)25/h4-7,11-12,16-17,24H,2,8-10H2,1,3H3/b14-4+,19-12+/t16-,17+/m0/s1. The molecule has 2 bridgehead atoms. The predicted molar refractivity (Wildman–Crippen MR) is 98.4 cm³/mol. The zero-order chi connectivity index (χ0) is 18.1. The molecule has 130 valence electrons. The number of allylic oxidation sites excluding steroid dienone is 7. The highest BCUT2D eigenvalue weighted by atomic mass is 19.1. The summed E-state index contributed by atoms with van der Waals surface area (Å²) < 4.78 is 13.6. The lowest BCUT2D eigenvalue weighted by molar-refractivity contribution is -0.119. The number of carbonyl (C=O) groups excluding carboxylic acids is 1. The number of fused-ring (bicyclic) bond motifs is 2. The third-order valence-corrected chi connectivity index (χ3v) is 5.19. The summed E-state index contributed by atoms with van der Waals surface area (Å²) in [7, 11) is 0. The number of carbonyl (C=O) groups is 1. The molecule has 2 atom stereocenters. The summed E-state index contributed by atoms with van der Waals surface area (Å²) in [5.74, 6) is -0.0283. The van der Waals surface area contributed by atoms with E-state index in [1.807, 2.05) is 32.1 Å². The first-order valence-corrected chi connectivity index (χ1v) is 8.70. The zero-order valence-electron chi connectivity index (χ0n) is 14.7. The van der Waals surface area contributed by atoms with Gasteiger partial charge in [-0.15, -0.1) is 0 Å². The fraction of sp³-hybridized carbons (Fsp3) is 0.318. The molecule has 3 rings (SSSR count). The second-order valence-corrected chi connectivity index (χ2v) is 6.92. The van der Waals surface area contributed by atoms with E-state index in [1.54, 1.807) is 6.07 Å². The Morgan fingerprint density at radius 1 is 1.32 bits per heavy atom. The van der Waals surface area contributed by atoms with Crippen LogP contribution in [0.2, 0.25) is 0 Å². The Balaban J connectivity index is 2.10. The van der Waals surface area contributed by atoms with Crippen molar-refractivity contribution in [3.8, 4) is 0 Å². The van der Waals surface area contributed by atoms with Crippen molar-refractivity contribution in [2.75, 3.05) is 0 Å². The van der Waals surface area contributed by atoms with Crippen molar-refractivity contribution in [3.05, 3.63) is 76.9 Å². The second kappa shape index (κ2) is 6.83. The highest BCUT2D eigenvalue weighted by Gasteiger charge is 2.41. The van der Waals surface area contributed by atoms with Crippen molar-refractivity contribution >= 4 is 11.4 Å². The van der Waals surface area contributed by atoms with E-state index in [9.17, 15) is 14.3 Å². The van der Waals surface area contributed by atoms with Gasteiger partial charge in [-0.05, 0) is 68.0 Å². The molecule has 2 aliphatic rings. The average molecular weight is 338 g/mol. The third kappa shape index (κ3) is 3.23. The molecule has 25 heavy (non-hydrogen) atoms. The molecule has 2 aliphatic carbocycles. The van der Waals surface area contributed by atoms with Crippen LogP contribution in [0.4, 0.5) is 4.39 Å². The summed E-state index contributed by atoms with van der Waals surface area (Å²) in [5.41, 5.74) is 3.29. The summed E-state index contributed by atoms with van der Waals surface area (Å²) >= 11 is 0. The predicted octanol–water partition coefficient (Wildman–Crippen LogP) is 5.54. The summed E-state index contributed by atoms with van der Waals surface area (Å²) in [4.78, 5) is 12.8. The Labute approximate surface area is 148 Å². The molecule has 3 heteroatoms. The van der Waals surface area contributed by atoms with E-state index in [1.165, 1.54) is 12.1 Å². The largest absolute Gasteiger partial charge is 0.511 e. The molecular formula is C22H23FO2. The molecule has 2 nitrogen and oxygen atoms in total. The molecule has 0 saturated heterocycles. The van der Waals surface area contributed by atoms with Crippen molar-refractivity contribution in [1.82, 2.24) is 0 Å². The van der Waals surface area contributed by atoms with Crippen LogP contribution in [-0.2, 0) is 4.79 Å². The Hall–Kier alpha value is -2.42. The van der Waals surface area contributed by atoms with Gasteiger partial charge in [0.1, 0.15) is 11.6 Å². The van der Waals surface area contributed by atoms with E-state index in [-0.39, 0.29) is 29.2 Å². The van der Waals surface area contributed by atoms with Gasteiger partial charge in [0, 0.05) is 11.8 Å². The number of hydrogen-bond donors (Lipinski definition) is 1. The molecule has 1 aromatic rings. The number of rotatable bonds is 4. The van der Waals surface area contributed by atoms with E-state index in [4.69, 9.17) is 0 Å². The topological polar surface area (TPSA) is 37.3 Å². The van der Waals surface area contributed by atoms with E-state index < -0.39 is 0 Å². The SMILES string of the molecule is C=C(C)/C(=C\C(=C/C)c1cccc(F)c1)C1=C(O)[C@H]2CC[C@H](C2)C1=O. The van der Waals surface area contributed by atoms with Gasteiger partial charge in [0.15, 0.2) is 5.78 Å². The van der Waals surface area contributed by atoms with Gasteiger partial charge in [0.2, 0.25) is 0 Å². The molecule has 0 spiro atoms. The number of aliphatic hydroxyl groups is 1. The van der Waals surface area contributed by atoms with E-state index in [0.29, 0.717) is 16.7 Å². The maximum absolute atomic E-state index is 13.6. The molecule has 0 aliphatic heterocycles. The van der Waals surface area contributed by atoms with Crippen LogP contribution in [0, 0.1) is 17.7 Å². The van der Waals surface area contributed by atoms with E-state index >= 15 is 0 Å². The van der Waals surface area contributed by atoms with Gasteiger partial charge in [0.05, 0.1) is 5.57 Å². The van der Waals surface area contributed by atoms with Crippen LogP contribution < -0.4 is 0 Å². The smallest absolute Gasteiger partial charge is 0.169 e. The van der Waals surface area contributed by atoms with Gasteiger partial charge < -0.3 is 5.11 Å². The Morgan fingerprint density at radius 3 is 2.68 bits per heavy atom. The van der Waals surface area contributed by atoms with Gasteiger partial charge in [-0.3, -0.25) is 4.79 Å². The lowest BCUT2D eigenvalue weighted by Gasteiger charge is -2.24. The second-order valence-electron chi connectivity index (χ2n) is 6.92. The van der Waals surface area contributed by atoms with Crippen LogP contribution in [0.25, 0.3) is 5.57 Å². The first-order valence-electron chi connectivity index (χ1n) is 8.70. The summed E-state index contributed by atoms with van der Waals surface area (Å²) in [6.45, 7) is 7.70. The van der Waals surface area contributed by atoms with Crippen molar-refractivity contribution < 1.29 is 14.3 Å². The van der Waals surface area contributed by atoms with Crippen LogP contribution in [0.1, 0.15) is 38.7 Å². The molecular weight excluding hydrogens is 315 g/mol. The summed E-state index contributed by atoms with van der Waals surface area (Å²) in [5, 5.41) is 10.6. The van der Waals surface area contributed by atoms with Gasteiger partial charge in [-0.1, -0.05) is 30.4 Å². The first-order chi connectivity index (χ1) is 11.9. The molecule has 0 unspecified atom stereocenters. The van der Waals surface area contributed by atoms with Crippen molar-refractivity contribution in [3.63, 3.8) is 0 Å². The van der Waals surface area contributed by atoms with Gasteiger partial charge in [-0.25, -0.2) is 4.39 Å². The number of benzene rings is 1. The van der Waals surface area contributed by atoms with E-state index in [0.717, 1.165) is 30.4 Å². The Bertz CT molecular complexity index is 826. The highest BCUT2D eigenvalue weighted by Crippen LogP contribution is 2.45. The molecule has 1 N–H and O–H groups in total. The van der Waals surface area contributed by atoms with Crippen molar-refractivity contribution in [1.29, 1.82) is 0 Å². The maximum atomic E-state index is 13.6. The molecule has 0 amide bonds. The van der Waals surface area contributed by atoms with Crippen molar-refractivity contribution in [2.24, 2.45) is 11.8 Å². The maximum Gasteiger partial charge on any atom is 0.169 e. The van der Waals surface area contributed by atoms with Crippen LogP contribution in [0.3, 0.4) is 0 Å². The molecule has 0 heterocycles. The lowest BCUT2D eigenvalue weighted by atomic mass is 9.80. The summed E-state index contributed by atoms with van der Waals surface area (Å²) in [6, 6.07) is 6.34. The molecule has 0 radical (unpaired) electrons. The third-order valence-electron chi connectivity index (χ3n) is 5.19. The fourth-order valence-electron chi connectivity index (χ4n) is 3.84.